The van der Waals surface area contributed by atoms with Crippen molar-refractivity contribution in [1.82, 2.24) is 5.32 Å². The van der Waals surface area contributed by atoms with Gasteiger partial charge >= 0.3 is 0 Å². The monoisotopic (exact) mass is 315 g/mol. The van der Waals surface area contributed by atoms with E-state index in [1.165, 1.54) is 0 Å². The van der Waals surface area contributed by atoms with Crippen molar-refractivity contribution >= 4 is 18.2 Å². The average Bonchev–Trinajstić information content (AvgIpc) is 2.50. The third-order valence-electron chi connectivity index (χ3n) is 3.25. The Balaban J connectivity index is 0.00000400. The summed E-state index contributed by atoms with van der Waals surface area (Å²) in [6.07, 6.45) is 0.988. The summed E-state index contributed by atoms with van der Waals surface area (Å²) in [5, 5.41) is 13.0. The molecule has 0 heterocycles. The van der Waals surface area contributed by atoms with E-state index in [1.54, 1.807) is 24.3 Å². The minimum Gasteiger partial charge on any atom is -0.491 e. The summed E-state index contributed by atoms with van der Waals surface area (Å²) in [6.45, 7) is 6.77. The standard InChI is InChI=1S/C16H25NO3.ClH/c1-4-12(3)17-10-14(18)11-20-15-8-6-13(7-9-15)16(19)5-2;/h6-9,12,14,17-18H,4-5,10-11H2,1-3H3;1H. The molecule has 0 fully saturated rings. The Morgan fingerprint density at radius 3 is 2.43 bits per heavy atom. The second-order valence-corrected chi connectivity index (χ2v) is 4.98. The first kappa shape index (κ1) is 19.9. The van der Waals surface area contributed by atoms with E-state index in [0.29, 0.717) is 30.3 Å². The van der Waals surface area contributed by atoms with Gasteiger partial charge in [-0.15, -0.1) is 12.4 Å². The lowest BCUT2D eigenvalue weighted by Crippen LogP contribution is -2.36. The van der Waals surface area contributed by atoms with Crippen LogP contribution in [0.15, 0.2) is 24.3 Å². The zero-order valence-corrected chi connectivity index (χ0v) is 13.8. The Kier molecular flexibility index (Phi) is 10.0. The number of aliphatic hydroxyl groups is 1. The van der Waals surface area contributed by atoms with Crippen LogP contribution in [0.3, 0.4) is 0 Å². The number of ether oxygens (including phenoxy) is 1. The number of nitrogens with one attached hydrogen (secondary N) is 1. The molecule has 0 aliphatic heterocycles. The number of aliphatic hydroxyl groups excluding tert-OH is 1. The number of hydrogen-bond donors (Lipinski definition) is 2. The second-order valence-electron chi connectivity index (χ2n) is 4.98. The molecule has 21 heavy (non-hydrogen) atoms. The molecule has 120 valence electrons. The molecule has 0 aliphatic rings. The number of ketones is 1. The highest BCUT2D eigenvalue weighted by Gasteiger charge is 2.08. The first-order chi connectivity index (χ1) is 9.56. The van der Waals surface area contributed by atoms with Gasteiger partial charge in [0.25, 0.3) is 0 Å². The van der Waals surface area contributed by atoms with Crippen molar-refractivity contribution in [2.24, 2.45) is 0 Å². The first-order valence-corrected chi connectivity index (χ1v) is 7.24. The van der Waals surface area contributed by atoms with E-state index in [2.05, 4.69) is 19.2 Å². The number of benzene rings is 1. The van der Waals surface area contributed by atoms with Crippen LogP contribution in [-0.2, 0) is 0 Å². The second kappa shape index (κ2) is 10.6. The summed E-state index contributed by atoms with van der Waals surface area (Å²) < 4.78 is 5.50. The van der Waals surface area contributed by atoms with Crippen molar-refractivity contribution in [2.75, 3.05) is 13.2 Å². The molecule has 0 spiro atoms. The first-order valence-electron chi connectivity index (χ1n) is 7.24. The molecule has 0 bridgehead atoms. The molecule has 5 heteroatoms. The third-order valence-corrected chi connectivity index (χ3v) is 3.25. The fraction of sp³-hybridized carbons (Fsp3) is 0.562. The third kappa shape index (κ3) is 7.46. The summed E-state index contributed by atoms with van der Waals surface area (Å²) in [5.41, 5.74) is 0.693. The van der Waals surface area contributed by atoms with Crippen molar-refractivity contribution < 1.29 is 14.6 Å². The Hall–Kier alpha value is -1.10. The highest BCUT2D eigenvalue weighted by Crippen LogP contribution is 2.13. The van der Waals surface area contributed by atoms with Crippen LogP contribution in [0.2, 0.25) is 0 Å². The predicted molar refractivity (Wildman–Crippen MR) is 87.6 cm³/mol. The van der Waals surface area contributed by atoms with Crippen molar-refractivity contribution in [1.29, 1.82) is 0 Å². The number of hydrogen-bond acceptors (Lipinski definition) is 4. The molecule has 2 N–H and O–H groups in total. The van der Waals surface area contributed by atoms with Gasteiger partial charge in [-0.2, -0.15) is 0 Å². The van der Waals surface area contributed by atoms with E-state index in [9.17, 15) is 9.90 Å². The quantitative estimate of drug-likeness (QED) is 0.688. The van der Waals surface area contributed by atoms with Gasteiger partial charge in [-0.3, -0.25) is 4.79 Å². The molecule has 1 aromatic carbocycles. The maximum Gasteiger partial charge on any atom is 0.162 e. The van der Waals surface area contributed by atoms with Crippen LogP contribution >= 0.6 is 12.4 Å². The fourth-order valence-corrected chi connectivity index (χ4v) is 1.67. The van der Waals surface area contributed by atoms with Crippen molar-refractivity contribution in [3.05, 3.63) is 29.8 Å². The minimum atomic E-state index is -0.541. The van der Waals surface area contributed by atoms with Crippen molar-refractivity contribution in [3.63, 3.8) is 0 Å². The van der Waals surface area contributed by atoms with Gasteiger partial charge < -0.3 is 15.2 Å². The molecule has 1 rings (SSSR count). The van der Waals surface area contributed by atoms with Gasteiger partial charge in [0.1, 0.15) is 18.5 Å². The normalized spacial score (nSPS) is 13.1. The lowest BCUT2D eigenvalue weighted by molar-refractivity contribution is 0.0986. The van der Waals surface area contributed by atoms with Gasteiger partial charge in [0.05, 0.1) is 0 Å². The Morgan fingerprint density at radius 2 is 1.90 bits per heavy atom. The van der Waals surface area contributed by atoms with Gasteiger partial charge in [-0.05, 0) is 37.6 Å². The number of halogens is 1. The maximum absolute atomic E-state index is 11.5. The van der Waals surface area contributed by atoms with Gasteiger partial charge in [0.2, 0.25) is 0 Å². The van der Waals surface area contributed by atoms with E-state index in [0.717, 1.165) is 6.42 Å². The largest absolute Gasteiger partial charge is 0.491 e. The van der Waals surface area contributed by atoms with Crippen LogP contribution in [0.25, 0.3) is 0 Å². The van der Waals surface area contributed by atoms with Crippen LogP contribution in [-0.4, -0.2) is 36.2 Å². The number of carbonyl (C=O) groups is 1. The zero-order chi connectivity index (χ0) is 15.0. The summed E-state index contributed by atoms with van der Waals surface area (Å²) >= 11 is 0. The maximum atomic E-state index is 11.5. The highest BCUT2D eigenvalue weighted by molar-refractivity contribution is 5.95. The Morgan fingerprint density at radius 1 is 1.29 bits per heavy atom. The highest BCUT2D eigenvalue weighted by atomic mass is 35.5. The molecule has 2 unspecified atom stereocenters. The van der Waals surface area contributed by atoms with E-state index >= 15 is 0 Å². The molecule has 0 radical (unpaired) electrons. The van der Waals surface area contributed by atoms with Crippen LogP contribution < -0.4 is 10.1 Å². The van der Waals surface area contributed by atoms with Gasteiger partial charge in [0.15, 0.2) is 5.78 Å². The smallest absolute Gasteiger partial charge is 0.162 e. The topological polar surface area (TPSA) is 58.6 Å². The Labute approximate surface area is 133 Å². The van der Waals surface area contributed by atoms with Crippen molar-refractivity contribution in [2.45, 2.75) is 45.8 Å². The lowest BCUT2D eigenvalue weighted by atomic mass is 10.1. The van der Waals surface area contributed by atoms with E-state index in [4.69, 9.17) is 4.74 Å². The molecule has 0 aliphatic carbocycles. The van der Waals surface area contributed by atoms with E-state index in [1.807, 2.05) is 6.92 Å². The molecule has 0 amide bonds. The SMILES string of the molecule is CCC(=O)c1ccc(OCC(O)CNC(C)CC)cc1.Cl. The van der Waals surface area contributed by atoms with Crippen LogP contribution in [0, 0.1) is 0 Å². The van der Waals surface area contributed by atoms with E-state index in [-0.39, 0.29) is 24.8 Å². The van der Waals surface area contributed by atoms with Crippen LogP contribution in [0.5, 0.6) is 5.75 Å². The number of Topliss-reactive ketones (excluding diaryl/α,β-unsaturated/α-hetero) is 1. The van der Waals surface area contributed by atoms with Crippen LogP contribution in [0.4, 0.5) is 0 Å². The molecule has 0 saturated heterocycles. The Bertz CT molecular complexity index is 408. The lowest BCUT2D eigenvalue weighted by Gasteiger charge is -2.16. The predicted octanol–water partition coefficient (Wildman–Crippen LogP) is 2.83. The zero-order valence-electron chi connectivity index (χ0n) is 13.0. The van der Waals surface area contributed by atoms with Gasteiger partial charge in [-0.25, -0.2) is 0 Å². The molecule has 2 atom stereocenters. The summed E-state index contributed by atoms with van der Waals surface area (Å²) in [7, 11) is 0. The molecule has 0 aromatic heterocycles. The van der Waals surface area contributed by atoms with Gasteiger partial charge in [-0.1, -0.05) is 13.8 Å². The summed E-state index contributed by atoms with van der Waals surface area (Å²) in [5.74, 6) is 0.787. The molecule has 1 aromatic rings. The minimum absolute atomic E-state index is 0. The molecular formula is C16H26ClNO3. The average molecular weight is 316 g/mol. The summed E-state index contributed by atoms with van der Waals surface area (Å²) in [6, 6.07) is 7.43. The summed E-state index contributed by atoms with van der Waals surface area (Å²) in [4.78, 5) is 11.5. The fourth-order valence-electron chi connectivity index (χ4n) is 1.67. The molecule has 4 nitrogen and oxygen atoms in total. The van der Waals surface area contributed by atoms with E-state index < -0.39 is 6.10 Å². The van der Waals surface area contributed by atoms with Gasteiger partial charge in [0, 0.05) is 24.6 Å². The van der Waals surface area contributed by atoms with Crippen LogP contribution in [0.1, 0.15) is 44.0 Å². The number of carbonyl (C=O) groups excluding carboxylic acids is 1. The molecule has 0 saturated carbocycles. The molecular weight excluding hydrogens is 290 g/mol. The van der Waals surface area contributed by atoms with Crippen molar-refractivity contribution in [3.8, 4) is 5.75 Å². The number of rotatable bonds is 9.